The number of hydrogen-bond acceptors (Lipinski definition) is 5. The fraction of sp³-hybridized carbons (Fsp3) is 1.00. The fourth-order valence-corrected chi connectivity index (χ4v) is 1.25. The Balaban J connectivity index is 2.71. The maximum absolute atomic E-state index is 9.40. The summed E-state index contributed by atoms with van der Waals surface area (Å²) in [5, 5.41) is 34.0. The van der Waals surface area contributed by atoms with Crippen LogP contribution in [0.1, 0.15) is 0 Å². The van der Waals surface area contributed by atoms with Gasteiger partial charge in [-0.25, -0.2) is 0 Å². The average Bonchev–Trinajstić information content (AvgIpc) is 2.22. The minimum absolute atomic E-state index is 0.176. The molecule has 1 saturated heterocycles. The SMILES string of the molecule is [N-]=[N+]=N[C@@H]1CNC[C@@H](O)[C@H](O)[C@@H]1O. The molecule has 4 N–H and O–H groups in total. The van der Waals surface area contributed by atoms with Crippen molar-refractivity contribution in [1.29, 1.82) is 0 Å². The quantitative estimate of drug-likeness (QED) is 0.224. The van der Waals surface area contributed by atoms with Gasteiger partial charge in [0.15, 0.2) is 0 Å². The van der Waals surface area contributed by atoms with Gasteiger partial charge >= 0.3 is 0 Å². The van der Waals surface area contributed by atoms with Crippen LogP contribution in [0.15, 0.2) is 5.11 Å². The first-order valence-corrected chi connectivity index (χ1v) is 3.96. The fourth-order valence-electron chi connectivity index (χ4n) is 1.25. The van der Waals surface area contributed by atoms with E-state index in [0.29, 0.717) is 0 Å². The Morgan fingerprint density at radius 1 is 1.23 bits per heavy atom. The van der Waals surface area contributed by atoms with Gasteiger partial charge in [0.25, 0.3) is 0 Å². The van der Waals surface area contributed by atoms with Crippen LogP contribution in [0.2, 0.25) is 0 Å². The molecule has 1 heterocycles. The van der Waals surface area contributed by atoms with Gasteiger partial charge in [0.1, 0.15) is 6.10 Å². The van der Waals surface area contributed by atoms with E-state index in [1.807, 2.05) is 0 Å². The number of β-amino-alcohol motifs (C(OH)–C–C–N with tert-alkyl or cyclic N) is 1. The standard InChI is InChI=1S/C6H12N4O3/c7-10-9-3-1-8-2-4(11)6(13)5(3)12/h3-6,8,11-13H,1-2H2/t3-,4-,5-,6+/m1/s1. The van der Waals surface area contributed by atoms with Crippen LogP contribution in [0.5, 0.6) is 0 Å². The molecular formula is C6H12N4O3. The zero-order valence-corrected chi connectivity index (χ0v) is 6.91. The van der Waals surface area contributed by atoms with Crippen LogP contribution in [0.4, 0.5) is 0 Å². The molecule has 0 radical (unpaired) electrons. The zero-order chi connectivity index (χ0) is 9.84. The van der Waals surface area contributed by atoms with Crippen LogP contribution in [0.25, 0.3) is 10.4 Å². The topological polar surface area (TPSA) is 121 Å². The van der Waals surface area contributed by atoms with Gasteiger partial charge < -0.3 is 20.6 Å². The van der Waals surface area contributed by atoms with Gasteiger partial charge in [-0.1, -0.05) is 5.11 Å². The average molecular weight is 188 g/mol. The molecule has 0 amide bonds. The lowest BCUT2D eigenvalue weighted by Crippen LogP contribution is -2.42. The summed E-state index contributed by atoms with van der Waals surface area (Å²) in [4.78, 5) is 2.54. The van der Waals surface area contributed by atoms with E-state index >= 15 is 0 Å². The molecule has 0 aromatic heterocycles. The van der Waals surface area contributed by atoms with E-state index in [0.717, 1.165) is 0 Å². The van der Waals surface area contributed by atoms with E-state index in [4.69, 9.17) is 5.53 Å². The molecule has 0 aromatic rings. The van der Waals surface area contributed by atoms with Crippen molar-refractivity contribution < 1.29 is 15.3 Å². The van der Waals surface area contributed by atoms with Gasteiger partial charge in [-0.15, -0.1) is 0 Å². The molecule has 0 aliphatic carbocycles. The second kappa shape index (κ2) is 4.40. The molecule has 0 aromatic carbocycles. The predicted molar refractivity (Wildman–Crippen MR) is 43.8 cm³/mol. The maximum atomic E-state index is 9.40. The van der Waals surface area contributed by atoms with Crippen LogP contribution < -0.4 is 5.32 Å². The molecule has 1 aliphatic rings. The summed E-state index contributed by atoms with van der Waals surface area (Å²) < 4.78 is 0. The summed E-state index contributed by atoms with van der Waals surface area (Å²) in [6, 6.07) is -0.739. The van der Waals surface area contributed by atoms with Crippen LogP contribution >= 0.6 is 0 Å². The van der Waals surface area contributed by atoms with Gasteiger partial charge in [0.2, 0.25) is 0 Å². The molecule has 7 heteroatoms. The number of nitrogens with one attached hydrogen (secondary N) is 1. The lowest BCUT2D eigenvalue weighted by atomic mass is 10.0. The Bertz CT molecular complexity index is 218. The maximum Gasteiger partial charge on any atom is 0.107 e. The van der Waals surface area contributed by atoms with Crippen molar-refractivity contribution in [3.8, 4) is 0 Å². The van der Waals surface area contributed by atoms with Crippen molar-refractivity contribution >= 4 is 0 Å². The van der Waals surface area contributed by atoms with Crippen molar-refractivity contribution in [3.63, 3.8) is 0 Å². The van der Waals surface area contributed by atoms with E-state index in [9.17, 15) is 15.3 Å². The van der Waals surface area contributed by atoms with E-state index in [2.05, 4.69) is 15.3 Å². The van der Waals surface area contributed by atoms with Crippen LogP contribution in [0.3, 0.4) is 0 Å². The third-order valence-corrected chi connectivity index (χ3v) is 2.05. The van der Waals surface area contributed by atoms with Gasteiger partial charge in [0, 0.05) is 18.0 Å². The minimum Gasteiger partial charge on any atom is -0.390 e. The Morgan fingerprint density at radius 3 is 2.54 bits per heavy atom. The highest BCUT2D eigenvalue weighted by molar-refractivity contribution is 4.91. The van der Waals surface area contributed by atoms with Crippen molar-refractivity contribution in [2.24, 2.45) is 5.11 Å². The van der Waals surface area contributed by atoms with Gasteiger partial charge in [0.05, 0.1) is 18.2 Å². The van der Waals surface area contributed by atoms with Gasteiger partial charge in [-0.2, -0.15) is 0 Å². The largest absolute Gasteiger partial charge is 0.390 e. The second-order valence-corrected chi connectivity index (χ2v) is 2.98. The van der Waals surface area contributed by atoms with Crippen molar-refractivity contribution in [2.45, 2.75) is 24.4 Å². The Morgan fingerprint density at radius 2 is 1.92 bits per heavy atom. The van der Waals surface area contributed by atoms with Crippen LogP contribution in [-0.4, -0.2) is 52.8 Å². The Kier molecular flexibility index (Phi) is 3.47. The van der Waals surface area contributed by atoms with Crippen LogP contribution in [-0.2, 0) is 0 Å². The van der Waals surface area contributed by atoms with E-state index in [-0.39, 0.29) is 13.1 Å². The summed E-state index contributed by atoms with van der Waals surface area (Å²) >= 11 is 0. The molecule has 1 fully saturated rings. The van der Waals surface area contributed by atoms with E-state index in [1.165, 1.54) is 0 Å². The monoisotopic (exact) mass is 188 g/mol. The first kappa shape index (κ1) is 10.2. The lowest BCUT2D eigenvalue weighted by molar-refractivity contribution is -0.0555. The third-order valence-electron chi connectivity index (χ3n) is 2.05. The number of aliphatic hydroxyl groups excluding tert-OH is 3. The minimum atomic E-state index is -1.27. The number of aliphatic hydroxyl groups is 3. The summed E-state index contributed by atoms with van der Waals surface area (Å²) in [6.45, 7) is 0.426. The normalized spacial score (nSPS) is 40.5. The van der Waals surface area contributed by atoms with Crippen molar-refractivity contribution in [2.75, 3.05) is 13.1 Å². The molecular weight excluding hydrogens is 176 g/mol. The highest BCUT2D eigenvalue weighted by Gasteiger charge is 2.33. The second-order valence-electron chi connectivity index (χ2n) is 2.98. The Labute approximate surface area is 74.6 Å². The summed E-state index contributed by atoms with van der Waals surface area (Å²) in [6.07, 6.45) is -3.53. The molecule has 0 saturated carbocycles. The third kappa shape index (κ3) is 2.30. The summed E-state index contributed by atoms with van der Waals surface area (Å²) in [7, 11) is 0. The molecule has 13 heavy (non-hydrogen) atoms. The summed E-state index contributed by atoms with van der Waals surface area (Å²) in [5.41, 5.74) is 8.16. The Hall–Kier alpha value is -0.850. The van der Waals surface area contributed by atoms with Gasteiger partial charge in [-0.05, 0) is 5.53 Å². The highest BCUT2D eigenvalue weighted by Crippen LogP contribution is 2.10. The van der Waals surface area contributed by atoms with E-state index in [1.54, 1.807) is 0 Å². The first-order valence-electron chi connectivity index (χ1n) is 3.96. The van der Waals surface area contributed by atoms with Crippen LogP contribution in [0, 0.1) is 0 Å². The molecule has 74 valence electrons. The molecule has 0 spiro atoms. The lowest BCUT2D eigenvalue weighted by Gasteiger charge is -2.21. The molecule has 1 rings (SSSR count). The number of hydrogen-bond donors (Lipinski definition) is 4. The molecule has 4 atom stereocenters. The van der Waals surface area contributed by atoms with Crippen molar-refractivity contribution in [3.05, 3.63) is 10.4 Å². The predicted octanol–water partition coefficient (Wildman–Crippen LogP) is -1.65. The molecule has 0 unspecified atom stereocenters. The zero-order valence-electron chi connectivity index (χ0n) is 6.91. The number of rotatable bonds is 1. The molecule has 0 bridgehead atoms. The van der Waals surface area contributed by atoms with Gasteiger partial charge in [-0.3, -0.25) is 0 Å². The number of azide groups is 1. The first-order chi connectivity index (χ1) is 6.16. The summed E-state index contributed by atoms with van der Waals surface area (Å²) in [5.74, 6) is 0. The molecule has 7 nitrogen and oxygen atoms in total. The number of nitrogens with zero attached hydrogens (tertiary/aromatic N) is 3. The smallest absolute Gasteiger partial charge is 0.107 e. The van der Waals surface area contributed by atoms with Crippen molar-refractivity contribution in [1.82, 2.24) is 5.32 Å². The highest BCUT2D eigenvalue weighted by atomic mass is 16.4. The van der Waals surface area contributed by atoms with E-state index < -0.39 is 24.4 Å². The molecule has 1 aliphatic heterocycles.